The molecule has 4 aromatic rings. The Bertz CT molecular complexity index is 1130. The van der Waals surface area contributed by atoms with E-state index in [1.165, 1.54) is 0 Å². The van der Waals surface area contributed by atoms with Gasteiger partial charge >= 0.3 is 0 Å². The highest BCUT2D eigenvalue weighted by Gasteiger charge is 2.10. The molecule has 0 unspecified atom stereocenters. The van der Waals surface area contributed by atoms with E-state index >= 15 is 0 Å². The molecule has 4 nitrogen and oxygen atoms in total. The molecule has 0 amide bonds. The van der Waals surface area contributed by atoms with Crippen molar-refractivity contribution in [1.29, 1.82) is 0 Å². The van der Waals surface area contributed by atoms with Crippen LogP contribution in [-0.2, 0) is 13.2 Å². The highest BCUT2D eigenvalue weighted by molar-refractivity contribution is 6.30. The first-order valence-electron chi connectivity index (χ1n) is 9.91. The molecule has 5 heteroatoms. The lowest BCUT2D eigenvalue weighted by atomic mass is 10.2. The molecule has 0 aliphatic carbocycles. The fourth-order valence-corrected chi connectivity index (χ4v) is 3.00. The van der Waals surface area contributed by atoms with Crippen molar-refractivity contribution in [2.75, 3.05) is 0 Å². The summed E-state index contributed by atoms with van der Waals surface area (Å²) in [6, 6.07) is 29.3. The second-order valence-electron chi connectivity index (χ2n) is 6.87. The van der Waals surface area contributed by atoms with Gasteiger partial charge in [-0.3, -0.25) is 0 Å². The van der Waals surface area contributed by atoms with Gasteiger partial charge in [-0.15, -0.1) is 10.2 Å². The number of nitrogens with zero attached hydrogens (tertiary/aromatic N) is 2. The fourth-order valence-electron chi connectivity index (χ4n) is 2.88. The maximum atomic E-state index is 6.04. The highest BCUT2D eigenvalue weighted by Crippen LogP contribution is 2.27. The molecule has 4 rings (SSSR count). The second-order valence-corrected chi connectivity index (χ2v) is 7.31. The quantitative estimate of drug-likeness (QED) is 0.323. The first-order valence-corrected chi connectivity index (χ1v) is 10.3. The van der Waals surface area contributed by atoms with Gasteiger partial charge in [0.15, 0.2) is 5.75 Å². The first kappa shape index (κ1) is 20.6. The van der Waals surface area contributed by atoms with E-state index in [1.807, 2.05) is 103 Å². The van der Waals surface area contributed by atoms with E-state index in [4.69, 9.17) is 21.1 Å². The van der Waals surface area contributed by atoms with Gasteiger partial charge < -0.3 is 9.47 Å². The lowest BCUT2D eigenvalue weighted by Gasteiger charge is -2.12. The lowest BCUT2D eigenvalue weighted by molar-refractivity contribution is 0.244. The van der Waals surface area contributed by atoms with Crippen LogP contribution < -0.4 is 9.47 Å². The maximum absolute atomic E-state index is 6.04. The van der Waals surface area contributed by atoms with E-state index in [9.17, 15) is 0 Å². The summed E-state index contributed by atoms with van der Waals surface area (Å²) in [4.78, 5) is 0. The van der Waals surface area contributed by atoms with Gasteiger partial charge in [0.05, 0.1) is 5.69 Å². The molecule has 0 spiro atoms. The third-order valence-electron chi connectivity index (χ3n) is 4.52. The van der Waals surface area contributed by atoms with Gasteiger partial charge in [0.1, 0.15) is 13.2 Å². The number of hydrogen-bond donors (Lipinski definition) is 0. The zero-order chi connectivity index (χ0) is 21.3. The molecule has 1 heterocycles. The molecule has 0 N–H and O–H groups in total. The zero-order valence-corrected chi connectivity index (χ0v) is 17.6. The Kier molecular flexibility index (Phi) is 6.93. The van der Waals surface area contributed by atoms with Crippen LogP contribution in [0.4, 0.5) is 0 Å². The molecular weight excluding hydrogens is 408 g/mol. The van der Waals surface area contributed by atoms with E-state index in [-0.39, 0.29) is 0 Å². The molecule has 0 aliphatic heterocycles. The van der Waals surface area contributed by atoms with Crippen molar-refractivity contribution in [2.24, 2.45) is 0 Å². The van der Waals surface area contributed by atoms with Crippen LogP contribution >= 0.6 is 11.6 Å². The Labute approximate surface area is 186 Å². The minimum absolute atomic E-state index is 0.364. The Balaban J connectivity index is 1.53. The van der Waals surface area contributed by atoms with Crippen LogP contribution in [0, 0.1) is 0 Å². The SMILES string of the molecule is Clc1ccc(C=Cc2cc(OCc3ccccc3)c(OCc3ccccc3)nn2)cc1. The molecule has 1 aromatic heterocycles. The summed E-state index contributed by atoms with van der Waals surface area (Å²) in [6.45, 7) is 0.797. The van der Waals surface area contributed by atoms with Gasteiger partial charge in [0.2, 0.25) is 0 Å². The summed E-state index contributed by atoms with van der Waals surface area (Å²) in [5, 5.41) is 9.24. The molecule has 0 bridgehead atoms. The topological polar surface area (TPSA) is 44.2 Å². The van der Waals surface area contributed by atoms with E-state index in [2.05, 4.69) is 10.2 Å². The molecule has 0 saturated carbocycles. The molecule has 0 aliphatic rings. The summed E-state index contributed by atoms with van der Waals surface area (Å²) >= 11 is 5.95. The highest BCUT2D eigenvalue weighted by atomic mass is 35.5. The minimum Gasteiger partial charge on any atom is -0.483 e. The Morgan fingerprint density at radius 3 is 1.94 bits per heavy atom. The molecule has 3 aromatic carbocycles. The molecular formula is C26H21ClN2O2. The number of benzene rings is 3. The Hall–Kier alpha value is -3.63. The molecule has 0 atom stereocenters. The van der Waals surface area contributed by atoms with Gasteiger partial charge in [-0.25, -0.2) is 0 Å². The van der Waals surface area contributed by atoms with Crippen molar-refractivity contribution < 1.29 is 9.47 Å². The van der Waals surface area contributed by atoms with Crippen molar-refractivity contribution in [1.82, 2.24) is 10.2 Å². The Morgan fingerprint density at radius 2 is 1.29 bits per heavy atom. The summed E-state index contributed by atoms with van der Waals surface area (Å²) in [6.07, 6.45) is 3.83. The summed E-state index contributed by atoms with van der Waals surface area (Å²) in [7, 11) is 0. The number of hydrogen-bond acceptors (Lipinski definition) is 4. The maximum Gasteiger partial charge on any atom is 0.276 e. The van der Waals surface area contributed by atoms with Gasteiger partial charge in [-0.05, 0) is 34.9 Å². The zero-order valence-electron chi connectivity index (χ0n) is 16.8. The predicted molar refractivity (Wildman–Crippen MR) is 124 cm³/mol. The molecule has 154 valence electrons. The minimum atomic E-state index is 0.364. The summed E-state index contributed by atoms with van der Waals surface area (Å²) in [5.74, 6) is 0.911. The smallest absolute Gasteiger partial charge is 0.276 e. The van der Waals surface area contributed by atoms with Gasteiger partial charge in [-0.2, -0.15) is 0 Å². The number of aromatic nitrogens is 2. The van der Waals surface area contributed by atoms with Crippen LogP contribution in [0.25, 0.3) is 12.2 Å². The normalized spacial score (nSPS) is 10.9. The first-order chi connectivity index (χ1) is 15.3. The number of ether oxygens (including phenoxy) is 2. The van der Waals surface area contributed by atoms with Crippen molar-refractivity contribution in [3.63, 3.8) is 0 Å². The number of rotatable bonds is 8. The summed E-state index contributed by atoms with van der Waals surface area (Å²) in [5.41, 5.74) is 3.80. The van der Waals surface area contributed by atoms with E-state index in [1.54, 1.807) is 0 Å². The van der Waals surface area contributed by atoms with Crippen molar-refractivity contribution in [3.05, 3.63) is 118 Å². The van der Waals surface area contributed by atoms with Crippen LogP contribution in [0.15, 0.2) is 91.0 Å². The van der Waals surface area contributed by atoms with Crippen molar-refractivity contribution in [3.8, 4) is 11.6 Å². The summed E-state index contributed by atoms with van der Waals surface area (Å²) < 4.78 is 11.9. The third-order valence-corrected chi connectivity index (χ3v) is 4.77. The van der Waals surface area contributed by atoms with E-state index in [0.29, 0.717) is 35.6 Å². The van der Waals surface area contributed by atoms with E-state index in [0.717, 1.165) is 16.7 Å². The van der Waals surface area contributed by atoms with Gasteiger partial charge in [0.25, 0.3) is 5.88 Å². The average Bonchev–Trinajstić information content (AvgIpc) is 2.83. The van der Waals surface area contributed by atoms with Gasteiger partial charge in [0, 0.05) is 11.1 Å². The van der Waals surface area contributed by atoms with Crippen molar-refractivity contribution in [2.45, 2.75) is 13.2 Å². The predicted octanol–water partition coefficient (Wildman–Crippen LogP) is 6.46. The van der Waals surface area contributed by atoms with Crippen LogP contribution in [-0.4, -0.2) is 10.2 Å². The molecule has 0 radical (unpaired) electrons. The number of halogens is 1. The van der Waals surface area contributed by atoms with Gasteiger partial charge in [-0.1, -0.05) is 90.5 Å². The molecule has 0 fully saturated rings. The second kappa shape index (κ2) is 10.4. The molecule has 0 saturated heterocycles. The standard InChI is InChI=1S/C26H21ClN2O2/c27-23-14-11-20(12-15-23)13-16-24-17-25(30-18-21-7-3-1-4-8-21)26(29-28-24)31-19-22-9-5-2-6-10-22/h1-17H,18-19H2. The Morgan fingerprint density at radius 1 is 0.677 bits per heavy atom. The largest absolute Gasteiger partial charge is 0.483 e. The molecule has 31 heavy (non-hydrogen) atoms. The fraction of sp³-hybridized carbons (Fsp3) is 0.0769. The monoisotopic (exact) mass is 428 g/mol. The third kappa shape index (κ3) is 6.17. The van der Waals surface area contributed by atoms with E-state index < -0.39 is 0 Å². The van der Waals surface area contributed by atoms with Crippen LogP contribution in [0.5, 0.6) is 11.6 Å². The van der Waals surface area contributed by atoms with Crippen molar-refractivity contribution >= 4 is 23.8 Å². The van der Waals surface area contributed by atoms with Crippen LogP contribution in [0.1, 0.15) is 22.4 Å². The lowest BCUT2D eigenvalue weighted by Crippen LogP contribution is -2.04. The van der Waals surface area contributed by atoms with Crippen LogP contribution in [0.2, 0.25) is 5.02 Å². The average molecular weight is 429 g/mol. The van der Waals surface area contributed by atoms with Crippen LogP contribution in [0.3, 0.4) is 0 Å².